The van der Waals surface area contributed by atoms with E-state index in [4.69, 9.17) is 9.47 Å². The summed E-state index contributed by atoms with van der Waals surface area (Å²) >= 11 is 0. The Balaban J connectivity index is 1.25. The van der Waals surface area contributed by atoms with Crippen LogP contribution < -0.4 is 14.8 Å². The highest BCUT2D eigenvalue weighted by Crippen LogP contribution is 2.29. The van der Waals surface area contributed by atoms with Gasteiger partial charge in [0.2, 0.25) is 0 Å². The highest BCUT2D eigenvalue weighted by molar-refractivity contribution is 5.99. The Bertz CT molecular complexity index is 1180. The average molecular weight is 457 g/mol. The van der Waals surface area contributed by atoms with Crippen molar-refractivity contribution >= 4 is 17.5 Å². The number of carbonyl (C=O) groups excluding carboxylic acids is 2. The van der Waals surface area contributed by atoms with Gasteiger partial charge in [-0.05, 0) is 66.8 Å². The maximum atomic E-state index is 13.4. The Labute approximate surface area is 199 Å². The second kappa shape index (κ2) is 9.59. The number of hydrogen-bond donors (Lipinski definition) is 1. The summed E-state index contributed by atoms with van der Waals surface area (Å²) in [5.41, 5.74) is 3.36. The lowest BCUT2D eigenvalue weighted by atomic mass is 10.0. The number of amides is 2. The first kappa shape index (κ1) is 22.0. The van der Waals surface area contributed by atoms with E-state index in [0.717, 1.165) is 48.4 Å². The molecule has 0 aromatic heterocycles. The van der Waals surface area contributed by atoms with Crippen molar-refractivity contribution in [3.63, 3.8) is 0 Å². The first-order chi connectivity index (χ1) is 16.6. The lowest BCUT2D eigenvalue weighted by molar-refractivity contribution is -0.122. The van der Waals surface area contributed by atoms with Gasteiger partial charge in [-0.25, -0.2) is 0 Å². The molecule has 2 heterocycles. The van der Waals surface area contributed by atoms with Gasteiger partial charge in [0.25, 0.3) is 11.8 Å². The molecule has 34 heavy (non-hydrogen) atoms. The molecule has 1 N–H and O–H groups in total. The first-order valence-electron chi connectivity index (χ1n) is 11.7. The maximum Gasteiger partial charge on any atom is 0.265 e. The lowest BCUT2D eigenvalue weighted by Crippen LogP contribution is -2.37. The molecule has 3 aromatic rings. The average Bonchev–Trinajstić information content (AvgIpc) is 3.51. The van der Waals surface area contributed by atoms with Crippen LogP contribution in [0.4, 0.5) is 5.69 Å². The highest BCUT2D eigenvalue weighted by Gasteiger charge is 2.31. The van der Waals surface area contributed by atoms with E-state index >= 15 is 0 Å². The van der Waals surface area contributed by atoms with Crippen LogP contribution in [-0.4, -0.2) is 42.5 Å². The van der Waals surface area contributed by atoms with E-state index < -0.39 is 6.10 Å². The predicted octanol–water partition coefficient (Wildman–Crippen LogP) is 4.48. The molecule has 1 saturated heterocycles. The van der Waals surface area contributed by atoms with Crippen LogP contribution in [0.2, 0.25) is 0 Å². The molecule has 2 atom stereocenters. The molecular formula is C28H28N2O4. The summed E-state index contributed by atoms with van der Waals surface area (Å²) in [6, 6.07) is 23.0. The standard InChI is InChI=1S/C28H28N2O4/c1-33-24-12-4-7-19(16-24)15-23-11-6-14-30(23)28(32)21-9-5-10-22(17-21)29-27(31)26-18-20-8-2-3-13-25(20)34-26/h2-5,7-10,12-13,16-17,23,26H,6,11,14-15,18H2,1H3,(H,29,31). The lowest BCUT2D eigenvalue weighted by Gasteiger charge is -2.25. The van der Waals surface area contributed by atoms with Gasteiger partial charge in [0.15, 0.2) is 6.10 Å². The van der Waals surface area contributed by atoms with Crippen molar-refractivity contribution in [2.45, 2.75) is 37.8 Å². The van der Waals surface area contributed by atoms with Gasteiger partial charge in [0.05, 0.1) is 7.11 Å². The number of para-hydroxylation sites is 1. The number of benzene rings is 3. The van der Waals surface area contributed by atoms with Crippen molar-refractivity contribution in [1.82, 2.24) is 4.90 Å². The van der Waals surface area contributed by atoms with Crippen molar-refractivity contribution in [2.75, 3.05) is 19.0 Å². The minimum absolute atomic E-state index is 0.00832. The summed E-state index contributed by atoms with van der Waals surface area (Å²) in [5.74, 6) is 1.36. The minimum atomic E-state index is -0.567. The van der Waals surface area contributed by atoms with Crippen LogP contribution in [0, 0.1) is 0 Å². The molecule has 0 bridgehead atoms. The van der Waals surface area contributed by atoms with Crippen LogP contribution in [0.15, 0.2) is 72.8 Å². The minimum Gasteiger partial charge on any atom is -0.497 e. The molecule has 2 aliphatic rings. The van der Waals surface area contributed by atoms with Crippen LogP contribution in [0.1, 0.15) is 34.3 Å². The number of rotatable bonds is 6. The summed E-state index contributed by atoms with van der Waals surface area (Å²) in [6.07, 6.45) is 2.72. The van der Waals surface area contributed by atoms with Gasteiger partial charge in [-0.15, -0.1) is 0 Å². The van der Waals surface area contributed by atoms with E-state index in [1.54, 1.807) is 31.4 Å². The Morgan fingerprint density at radius 3 is 2.76 bits per heavy atom. The summed E-state index contributed by atoms with van der Waals surface area (Å²) in [7, 11) is 1.66. The number of hydrogen-bond acceptors (Lipinski definition) is 4. The molecule has 6 heteroatoms. The summed E-state index contributed by atoms with van der Waals surface area (Å²) in [6.45, 7) is 0.734. The Morgan fingerprint density at radius 1 is 1.06 bits per heavy atom. The topological polar surface area (TPSA) is 67.9 Å². The van der Waals surface area contributed by atoms with Gasteiger partial charge < -0.3 is 19.7 Å². The number of carbonyl (C=O) groups is 2. The number of nitrogens with one attached hydrogen (secondary N) is 1. The van der Waals surface area contributed by atoms with Crippen LogP contribution in [0.25, 0.3) is 0 Å². The zero-order chi connectivity index (χ0) is 23.5. The van der Waals surface area contributed by atoms with Crippen LogP contribution in [0.5, 0.6) is 11.5 Å². The number of ether oxygens (including phenoxy) is 2. The van der Waals surface area contributed by atoms with Crippen LogP contribution in [-0.2, 0) is 17.6 Å². The highest BCUT2D eigenvalue weighted by atomic mass is 16.5. The third-order valence-corrected chi connectivity index (χ3v) is 6.56. The molecule has 2 aliphatic heterocycles. The van der Waals surface area contributed by atoms with Crippen LogP contribution in [0.3, 0.4) is 0 Å². The van der Waals surface area contributed by atoms with E-state index in [-0.39, 0.29) is 17.9 Å². The number of anilines is 1. The van der Waals surface area contributed by atoms with E-state index in [1.807, 2.05) is 47.4 Å². The SMILES string of the molecule is COc1cccc(CC2CCCN2C(=O)c2cccc(NC(=O)C3Cc4ccccc4O3)c2)c1. The zero-order valence-corrected chi connectivity index (χ0v) is 19.2. The molecule has 1 fully saturated rings. The molecule has 0 saturated carbocycles. The predicted molar refractivity (Wildman–Crippen MR) is 130 cm³/mol. The molecule has 6 nitrogen and oxygen atoms in total. The fourth-order valence-corrected chi connectivity index (χ4v) is 4.83. The van der Waals surface area contributed by atoms with Crippen molar-refractivity contribution in [3.8, 4) is 11.5 Å². The third-order valence-electron chi connectivity index (χ3n) is 6.56. The number of methoxy groups -OCH3 is 1. The molecule has 2 amide bonds. The number of fused-ring (bicyclic) bond motifs is 1. The molecular weight excluding hydrogens is 428 g/mol. The van der Waals surface area contributed by atoms with E-state index in [2.05, 4.69) is 11.4 Å². The number of nitrogens with zero attached hydrogens (tertiary/aromatic N) is 1. The van der Waals surface area contributed by atoms with E-state index in [9.17, 15) is 9.59 Å². The fraction of sp³-hybridized carbons (Fsp3) is 0.286. The van der Waals surface area contributed by atoms with Gasteiger partial charge in [-0.2, -0.15) is 0 Å². The Kier molecular flexibility index (Phi) is 6.21. The summed E-state index contributed by atoms with van der Waals surface area (Å²) in [5, 5.41) is 2.92. The second-order valence-corrected chi connectivity index (χ2v) is 8.84. The third kappa shape index (κ3) is 4.62. The smallest absolute Gasteiger partial charge is 0.265 e. The van der Waals surface area contributed by atoms with Crippen molar-refractivity contribution in [2.24, 2.45) is 0 Å². The summed E-state index contributed by atoms with van der Waals surface area (Å²) < 4.78 is 11.1. The van der Waals surface area contributed by atoms with Gasteiger partial charge in [-0.1, -0.05) is 36.4 Å². The maximum absolute atomic E-state index is 13.4. The molecule has 5 rings (SSSR count). The van der Waals surface area contributed by atoms with Crippen LogP contribution >= 0.6 is 0 Å². The molecule has 0 radical (unpaired) electrons. The van der Waals surface area contributed by atoms with Crippen molar-refractivity contribution in [3.05, 3.63) is 89.5 Å². The van der Waals surface area contributed by atoms with Crippen molar-refractivity contribution < 1.29 is 19.1 Å². The Morgan fingerprint density at radius 2 is 1.91 bits per heavy atom. The molecule has 0 aliphatic carbocycles. The second-order valence-electron chi connectivity index (χ2n) is 8.84. The quantitative estimate of drug-likeness (QED) is 0.594. The van der Waals surface area contributed by atoms with E-state index in [1.165, 1.54) is 0 Å². The van der Waals surface area contributed by atoms with Gasteiger partial charge >= 0.3 is 0 Å². The molecule has 174 valence electrons. The summed E-state index contributed by atoms with van der Waals surface area (Å²) in [4.78, 5) is 28.1. The monoisotopic (exact) mass is 456 g/mol. The first-order valence-corrected chi connectivity index (χ1v) is 11.7. The number of likely N-dealkylation sites (tertiary alicyclic amines) is 1. The fourth-order valence-electron chi connectivity index (χ4n) is 4.83. The molecule has 2 unspecified atom stereocenters. The van der Waals surface area contributed by atoms with Gasteiger partial charge in [0.1, 0.15) is 11.5 Å². The Hall–Kier alpha value is -3.80. The largest absolute Gasteiger partial charge is 0.497 e. The molecule has 0 spiro atoms. The van der Waals surface area contributed by atoms with Crippen molar-refractivity contribution in [1.29, 1.82) is 0 Å². The molecule has 3 aromatic carbocycles. The zero-order valence-electron chi connectivity index (χ0n) is 19.2. The van der Waals surface area contributed by atoms with Gasteiger partial charge in [-0.3, -0.25) is 9.59 Å². The normalized spacial score (nSPS) is 18.8. The van der Waals surface area contributed by atoms with E-state index in [0.29, 0.717) is 17.7 Å². The van der Waals surface area contributed by atoms with Gasteiger partial charge in [0, 0.05) is 30.3 Å².